The van der Waals surface area contributed by atoms with Crippen molar-refractivity contribution in [3.63, 3.8) is 0 Å². The van der Waals surface area contributed by atoms with Crippen molar-refractivity contribution >= 4 is 45.7 Å². The van der Waals surface area contributed by atoms with E-state index in [4.69, 9.17) is 11.6 Å². The lowest BCUT2D eigenvalue weighted by atomic mass is 10.2. The summed E-state index contributed by atoms with van der Waals surface area (Å²) in [5.41, 5.74) is 1.20. The molecule has 0 fully saturated rings. The second-order valence-electron chi connectivity index (χ2n) is 2.98. The van der Waals surface area contributed by atoms with Crippen molar-refractivity contribution in [3.8, 4) is 0 Å². The van der Waals surface area contributed by atoms with Gasteiger partial charge in [0.05, 0.1) is 0 Å². The average molecular weight is 229 g/mol. The number of hydrogen-bond donors (Lipinski definition) is 1. The molecule has 0 bridgehead atoms. The van der Waals surface area contributed by atoms with Crippen molar-refractivity contribution in [1.29, 1.82) is 0 Å². The Morgan fingerprint density at radius 2 is 2.23 bits per heavy atom. The zero-order valence-corrected chi connectivity index (χ0v) is 9.64. The molecule has 1 aromatic heterocycles. The molecule has 0 radical (unpaired) electrons. The summed E-state index contributed by atoms with van der Waals surface area (Å²) in [4.78, 5) is 2.34. The minimum absolute atomic E-state index is 0.574. The average Bonchev–Trinajstić information content (AvgIpc) is 2.48. The van der Waals surface area contributed by atoms with E-state index in [2.05, 4.69) is 25.6 Å². The molecule has 68 valence electrons. The molecule has 0 aliphatic carbocycles. The molecule has 0 atom stereocenters. The first kappa shape index (κ1) is 9.38. The van der Waals surface area contributed by atoms with Crippen LogP contribution in [0.25, 0.3) is 10.1 Å². The van der Waals surface area contributed by atoms with Gasteiger partial charge in [-0.15, -0.1) is 35.6 Å². The topological polar surface area (TPSA) is 0 Å². The van der Waals surface area contributed by atoms with E-state index in [1.54, 1.807) is 11.3 Å². The van der Waals surface area contributed by atoms with Crippen LogP contribution in [0.4, 0.5) is 0 Å². The monoisotopic (exact) mass is 228 g/mol. The van der Waals surface area contributed by atoms with Gasteiger partial charge in [0.25, 0.3) is 0 Å². The Morgan fingerprint density at radius 3 is 2.92 bits per heavy atom. The third kappa shape index (κ3) is 1.58. The van der Waals surface area contributed by atoms with Gasteiger partial charge in [-0.25, -0.2) is 0 Å². The Balaban J connectivity index is 2.83. The van der Waals surface area contributed by atoms with Gasteiger partial charge in [0.2, 0.25) is 0 Å². The van der Waals surface area contributed by atoms with Crippen LogP contribution in [0.15, 0.2) is 23.1 Å². The van der Waals surface area contributed by atoms with Crippen LogP contribution in [-0.2, 0) is 5.88 Å². The van der Waals surface area contributed by atoms with Crippen molar-refractivity contribution in [3.05, 3.63) is 28.6 Å². The van der Waals surface area contributed by atoms with Crippen LogP contribution in [0.3, 0.4) is 0 Å². The molecule has 0 nitrogen and oxygen atoms in total. The molecule has 0 spiro atoms. The smallest absolute Gasteiger partial charge is 0.0488 e. The quantitative estimate of drug-likeness (QED) is 0.548. The molecular weight excluding hydrogens is 220 g/mol. The molecule has 1 heterocycles. The molecule has 0 unspecified atom stereocenters. The number of fused-ring (bicyclic) bond motifs is 1. The molecule has 3 heteroatoms. The van der Waals surface area contributed by atoms with Crippen molar-refractivity contribution in [2.45, 2.75) is 17.7 Å². The minimum Gasteiger partial charge on any atom is -0.143 e. The number of aryl methyl sites for hydroxylation is 1. The third-order valence-corrected chi connectivity index (χ3v) is 3.81. The van der Waals surface area contributed by atoms with Gasteiger partial charge in [-0.1, -0.05) is 6.07 Å². The lowest BCUT2D eigenvalue weighted by Crippen LogP contribution is -1.77. The van der Waals surface area contributed by atoms with Gasteiger partial charge in [0.15, 0.2) is 0 Å². The van der Waals surface area contributed by atoms with Gasteiger partial charge in [0, 0.05) is 25.7 Å². The van der Waals surface area contributed by atoms with Crippen molar-refractivity contribution in [1.82, 2.24) is 0 Å². The molecule has 13 heavy (non-hydrogen) atoms. The highest BCUT2D eigenvalue weighted by Gasteiger charge is 2.06. The summed E-state index contributed by atoms with van der Waals surface area (Å²) in [6, 6.07) is 6.22. The maximum absolute atomic E-state index is 5.85. The van der Waals surface area contributed by atoms with E-state index in [0.29, 0.717) is 5.88 Å². The van der Waals surface area contributed by atoms with E-state index in [-0.39, 0.29) is 0 Å². The SMILES string of the molecule is Cc1cc2c(S)ccc(CCl)c2s1. The van der Waals surface area contributed by atoms with E-state index in [9.17, 15) is 0 Å². The number of thiol groups is 1. The Morgan fingerprint density at radius 1 is 1.46 bits per heavy atom. The van der Waals surface area contributed by atoms with Crippen LogP contribution in [0.1, 0.15) is 10.4 Å². The van der Waals surface area contributed by atoms with E-state index < -0.39 is 0 Å². The van der Waals surface area contributed by atoms with Gasteiger partial charge >= 0.3 is 0 Å². The lowest BCUT2D eigenvalue weighted by Gasteiger charge is -1.99. The van der Waals surface area contributed by atoms with Gasteiger partial charge in [-0.3, -0.25) is 0 Å². The summed E-state index contributed by atoms with van der Waals surface area (Å²) < 4.78 is 1.28. The number of thiophene rings is 1. The Hall–Kier alpha value is -0.180. The predicted octanol–water partition coefficient (Wildman–Crippen LogP) is 4.24. The van der Waals surface area contributed by atoms with Crippen molar-refractivity contribution in [2.24, 2.45) is 0 Å². The summed E-state index contributed by atoms with van der Waals surface area (Å²) in [6.07, 6.45) is 0. The first-order valence-electron chi connectivity index (χ1n) is 3.99. The van der Waals surface area contributed by atoms with Crippen LogP contribution in [0, 0.1) is 6.92 Å². The minimum atomic E-state index is 0.574. The van der Waals surface area contributed by atoms with Crippen LogP contribution < -0.4 is 0 Å². The van der Waals surface area contributed by atoms with Crippen molar-refractivity contribution < 1.29 is 0 Å². The van der Waals surface area contributed by atoms with Gasteiger partial charge in [-0.05, 0) is 24.6 Å². The van der Waals surface area contributed by atoms with Crippen LogP contribution in [-0.4, -0.2) is 0 Å². The Kier molecular flexibility index (Phi) is 2.54. The summed E-state index contributed by atoms with van der Waals surface area (Å²) >= 11 is 12.0. The molecule has 0 aliphatic heterocycles. The number of alkyl halides is 1. The number of halogens is 1. The molecule has 0 amide bonds. The second kappa shape index (κ2) is 3.52. The summed E-state index contributed by atoms with van der Waals surface area (Å²) in [6.45, 7) is 2.11. The molecular formula is C10H9ClS2. The zero-order valence-electron chi connectivity index (χ0n) is 7.17. The standard InChI is InChI=1S/C10H9ClS2/c1-6-4-8-9(12)3-2-7(5-11)10(8)13-6/h2-4,12H,5H2,1H3. The maximum Gasteiger partial charge on any atom is 0.0488 e. The predicted molar refractivity (Wildman–Crippen MR) is 63.4 cm³/mol. The fourth-order valence-corrected chi connectivity index (χ4v) is 3.07. The molecule has 2 rings (SSSR count). The number of hydrogen-bond acceptors (Lipinski definition) is 2. The molecule has 0 N–H and O–H groups in total. The van der Waals surface area contributed by atoms with E-state index in [1.807, 2.05) is 12.1 Å². The highest BCUT2D eigenvalue weighted by Crippen LogP contribution is 2.33. The van der Waals surface area contributed by atoms with E-state index in [1.165, 1.54) is 20.5 Å². The molecule has 0 aliphatic rings. The summed E-state index contributed by atoms with van der Waals surface area (Å²) in [7, 11) is 0. The second-order valence-corrected chi connectivity index (χ2v) is 4.98. The molecule has 0 saturated heterocycles. The molecule has 0 saturated carbocycles. The van der Waals surface area contributed by atoms with Gasteiger partial charge < -0.3 is 0 Å². The zero-order chi connectivity index (χ0) is 9.42. The maximum atomic E-state index is 5.85. The van der Waals surface area contributed by atoms with Crippen LogP contribution >= 0.6 is 35.6 Å². The van der Waals surface area contributed by atoms with Crippen LogP contribution in [0.5, 0.6) is 0 Å². The summed E-state index contributed by atoms with van der Waals surface area (Å²) in [5.74, 6) is 0.574. The van der Waals surface area contributed by atoms with Gasteiger partial charge in [-0.2, -0.15) is 0 Å². The Labute approximate surface area is 91.9 Å². The van der Waals surface area contributed by atoms with E-state index in [0.717, 1.165) is 4.90 Å². The summed E-state index contributed by atoms with van der Waals surface area (Å²) in [5, 5.41) is 1.23. The largest absolute Gasteiger partial charge is 0.143 e. The highest BCUT2D eigenvalue weighted by molar-refractivity contribution is 7.80. The lowest BCUT2D eigenvalue weighted by molar-refractivity contribution is 1.43. The first-order chi connectivity index (χ1) is 6.22. The fourth-order valence-electron chi connectivity index (χ4n) is 1.39. The number of rotatable bonds is 1. The first-order valence-corrected chi connectivity index (χ1v) is 5.79. The normalized spacial score (nSPS) is 11.0. The molecule has 1 aromatic carbocycles. The Bertz CT molecular complexity index is 445. The molecule has 2 aromatic rings. The fraction of sp³-hybridized carbons (Fsp3) is 0.200. The third-order valence-electron chi connectivity index (χ3n) is 2.01. The van der Waals surface area contributed by atoms with Crippen molar-refractivity contribution in [2.75, 3.05) is 0 Å². The van der Waals surface area contributed by atoms with Gasteiger partial charge in [0.1, 0.15) is 0 Å². The number of benzene rings is 1. The van der Waals surface area contributed by atoms with Crippen LogP contribution in [0.2, 0.25) is 0 Å². The van der Waals surface area contributed by atoms with E-state index >= 15 is 0 Å². The highest BCUT2D eigenvalue weighted by atomic mass is 35.5.